The lowest BCUT2D eigenvalue weighted by molar-refractivity contribution is -0.134. The summed E-state index contributed by atoms with van der Waals surface area (Å²) in [7, 11) is 0. The van der Waals surface area contributed by atoms with Gasteiger partial charge in [-0.05, 0) is 19.3 Å². The molecule has 2 atom stereocenters. The summed E-state index contributed by atoms with van der Waals surface area (Å²) in [6, 6.07) is -0.548. The molecule has 0 aromatic rings. The monoisotopic (exact) mass is 240 g/mol. The summed E-state index contributed by atoms with van der Waals surface area (Å²) >= 11 is 0. The van der Waals surface area contributed by atoms with Crippen LogP contribution in [0.25, 0.3) is 0 Å². The Kier molecular flexibility index (Phi) is 3.52. The highest BCUT2D eigenvalue weighted by Gasteiger charge is 2.43. The summed E-state index contributed by atoms with van der Waals surface area (Å²) in [4.78, 5) is 13.8. The molecule has 3 nitrogen and oxygen atoms in total. The molecule has 1 aliphatic heterocycles. The van der Waals surface area contributed by atoms with Crippen LogP contribution < -0.4 is 5.73 Å². The third-order valence-corrected chi connectivity index (χ3v) is 4.27. The predicted molar refractivity (Wildman–Crippen MR) is 65.2 cm³/mol. The Morgan fingerprint density at radius 1 is 1.53 bits per heavy atom. The quantitative estimate of drug-likeness (QED) is 0.762. The van der Waals surface area contributed by atoms with Crippen molar-refractivity contribution in [2.75, 3.05) is 13.1 Å². The van der Waals surface area contributed by atoms with Crippen molar-refractivity contribution >= 4 is 5.91 Å². The van der Waals surface area contributed by atoms with E-state index in [1.54, 1.807) is 4.90 Å². The molecule has 0 aromatic carbocycles. The van der Waals surface area contributed by atoms with Crippen LogP contribution in [0.5, 0.6) is 0 Å². The molecule has 1 amide bonds. The van der Waals surface area contributed by atoms with Gasteiger partial charge in [0.05, 0.1) is 12.6 Å². The topological polar surface area (TPSA) is 46.3 Å². The predicted octanol–water partition coefficient (Wildman–Crippen LogP) is 1.63. The molecule has 0 radical (unpaired) electrons. The summed E-state index contributed by atoms with van der Waals surface area (Å²) in [6.45, 7) is 4.54. The SMILES string of the molecule is C=CC1([C@H](N)C(=O)N2CC[C@H](F)C2)CCCC1. The average molecular weight is 240 g/mol. The first-order chi connectivity index (χ1) is 8.09. The average Bonchev–Trinajstić information content (AvgIpc) is 2.96. The van der Waals surface area contributed by atoms with Crippen molar-refractivity contribution in [3.63, 3.8) is 0 Å². The van der Waals surface area contributed by atoms with Gasteiger partial charge in [0.1, 0.15) is 6.17 Å². The van der Waals surface area contributed by atoms with E-state index in [1.165, 1.54) is 0 Å². The molecule has 0 bridgehead atoms. The molecule has 2 fully saturated rings. The lowest BCUT2D eigenvalue weighted by Gasteiger charge is -2.33. The number of carbonyl (C=O) groups excluding carboxylic acids is 1. The molecule has 17 heavy (non-hydrogen) atoms. The van der Waals surface area contributed by atoms with Gasteiger partial charge in [-0.25, -0.2) is 4.39 Å². The minimum atomic E-state index is -0.880. The van der Waals surface area contributed by atoms with Crippen LogP contribution in [-0.4, -0.2) is 36.1 Å². The summed E-state index contributed by atoms with van der Waals surface area (Å²) in [5.41, 5.74) is 5.85. The second-order valence-electron chi connectivity index (χ2n) is 5.29. The Morgan fingerprint density at radius 3 is 2.65 bits per heavy atom. The van der Waals surface area contributed by atoms with Crippen molar-refractivity contribution in [3.8, 4) is 0 Å². The van der Waals surface area contributed by atoms with Gasteiger partial charge in [-0.2, -0.15) is 0 Å². The van der Waals surface area contributed by atoms with Crippen molar-refractivity contribution in [2.45, 2.75) is 44.3 Å². The second-order valence-corrected chi connectivity index (χ2v) is 5.29. The molecular weight excluding hydrogens is 219 g/mol. The van der Waals surface area contributed by atoms with Crippen LogP contribution in [0.4, 0.5) is 4.39 Å². The number of halogens is 1. The van der Waals surface area contributed by atoms with Gasteiger partial charge in [0.25, 0.3) is 0 Å². The number of nitrogens with two attached hydrogens (primary N) is 1. The lowest BCUT2D eigenvalue weighted by Crippen LogP contribution is -2.51. The molecule has 1 aliphatic carbocycles. The Hall–Kier alpha value is -0.900. The van der Waals surface area contributed by atoms with Gasteiger partial charge < -0.3 is 10.6 Å². The van der Waals surface area contributed by atoms with E-state index in [2.05, 4.69) is 6.58 Å². The number of alkyl halides is 1. The van der Waals surface area contributed by atoms with Crippen LogP contribution in [0.2, 0.25) is 0 Å². The highest BCUT2D eigenvalue weighted by atomic mass is 19.1. The third kappa shape index (κ3) is 2.23. The number of rotatable bonds is 3. The minimum absolute atomic E-state index is 0.105. The summed E-state index contributed by atoms with van der Waals surface area (Å²) in [5.74, 6) is -0.105. The smallest absolute Gasteiger partial charge is 0.240 e. The minimum Gasteiger partial charge on any atom is -0.338 e. The van der Waals surface area contributed by atoms with E-state index >= 15 is 0 Å². The number of nitrogens with zero attached hydrogens (tertiary/aromatic N) is 1. The molecule has 2 aliphatic rings. The molecule has 2 rings (SSSR count). The maximum atomic E-state index is 13.1. The normalized spacial score (nSPS) is 29.3. The molecule has 1 saturated heterocycles. The molecular formula is C13H21FN2O. The number of hydrogen-bond donors (Lipinski definition) is 1. The molecule has 1 saturated carbocycles. The van der Waals surface area contributed by atoms with Crippen molar-refractivity contribution < 1.29 is 9.18 Å². The van der Waals surface area contributed by atoms with Crippen molar-refractivity contribution in [2.24, 2.45) is 11.1 Å². The maximum Gasteiger partial charge on any atom is 0.240 e. The molecule has 0 unspecified atom stereocenters. The van der Waals surface area contributed by atoms with Gasteiger partial charge in [-0.1, -0.05) is 18.9 Å². The Bertz CT molecular complexity index is 313. The molecule has 0 spiro atoms. The molecule has 4 heteroatoms. The van der Waals surface area contributed by atoms with Gasteiger partial charge in [-0.15, -0.1) is 6.58 Å². The van der Waals surface area contributed by atoms with Gasteiger partial charge in [0.15, 0.2) is 0 Å². The van der Waals surface area contributed by atoms with Crippen LogP contribution in [-0.2, 0) is 4.79 Å². The summed E-state index contributed by atoms with van der Waals surface area (Å²) < 4.78 is 13.1. The zero-order valence-electron chi connectivity index (χ0n) is 10.2. The van der Waals surface area contributed by atoms with Gasteiger partial charge in [0, 0.05) is 12.0 Å². The number of carbonyl (C=O) groups is 1. The standard InChI is InChI=1S/C13H21FN2O/c1-2-13(6-3-4-7-13)11(15)12(17)16-8-5-10(14)9-16/h2,10-11H,1,3-9,15H2/t10-,11+/m0/s1. The summed E-state index contributed by atoms with van der Waals surface area (Å²) in [6.07, 6.45) is 5.45. The van der Waals surface area contributed by atoms with E-state index < -0.39 is 12.2 Å². The molecule has 96 valence electrons. The zero-order chi connectivity index (χ0) is 12.5. The fourth-order valence-corrected chi connectivity index (χ4v) is 3.04. The van der Waals surface area contributed by atoms with Crippen LogP contribution in [0.1, 0.15) is 32.1 Å². The van der Waals surface area contributed by atoms with E-state index in [9.17, 15) is 9.18 Å². The highest BCUT2D eigenvalue weighted by Crippen LogP contribution is 2.42. The fraction of sp³-hybridized carbons (Fsp3) is 0.769. The largest absolute Gasteiger partial charge is 0.338 e. The van der Waals surface area contributed by atoms with E-state index in [-0.39, 0.29) is 17.9 Å². The van der Waals surface area contributed by atoms with E-state index in [4.69, 9.17) is 5.73 Å². The van der Waals surface area contributed by atoms with E-state index in [1.807, 2.05) is 6.08 Å². The second kappa shape index (κ2) is 4.77. The fourth-order valence-electron chi connectivity index (χ4n) is 3.04. The van der Waals surface area contributed by atoms with E-state index in [0.29, 0.717) is 13.0 Å². The first-order valence-corrected chi connectivity index (χ1v) is 6.41. The van der Waals surface area contributed by atoms with Crippen molar-refractivity contribution in [1.29, 1.82) is 0 Å². The zero-order valence-corrected chi connectivity index (χ0v) is 10.2. The maximum absolute atomic E-state index is 13.1. The van der Waals surface area contributed by atoms with Crippen molar-refractivity contribution in [1.82, 2.24) is 4.90 Å². The van der Waals surface area contributed by atoms with Crippen LogP contribution in [0.3, 0.4) is 0 Å². The third-order valence-electron chi connectivity index (χ3n) is 4.27. The highest BCUT2D eigenvalue weighted by molar-refractivity contribution is 5.83. The number of amides is 1. The van der Waals surface area contributed by atoms with E-state index in [0.717, 1.165) is 25.7 Å². The first-order valence-electron chi connectivity index (χ1n) is 6.41. The Balaban J connectivity index is 2.05. The van der Waals surface area contributed by atoms with Crippen LogP contribution >= 0.6 is 0 Å². The van der Waals surface area contributed by atoms with Crippen molar-refractivity contribution in [3.05, 3.63) is 12.7 Å². The molecule has 0 aromatic heterocycles. The molecule has 2 N–H and O–H groups in total. The Morgan fingerprint density at radius 2 is 2.18 bits per heavy atom. The molecule has 1 heterocycles. The van der Waals surface area contributed by atoms with Crippen LogP contribution in [0.15, 0.2) is 12.7 Å². The van der Waals surface area contributed by atoms with Crippen LogP contribution in [0, 0.1) is 5.41 Å². The summed E-state index contributed by atoms with van der Waals surface area (Å²) in [5, 5.41) is 0. The Labute approximate surface area is 102 Å². The number of likely N-dealkylation sites (tertiary alicyclic amines) is 1. The first kappa shape index (κ1) is 12.6. The van der Waals surface area contributed by atoms with Gasteiger partial charge >= 0.3 is 0 Å². The van der Waals surface area contributed by atoms with Gasteiger partial charge in [-0.3, -0.25) is 4.79 Å². The van der Waals surface area contributed by atoms with Gasteiger partial charge in [0.2, 0.25) is 5.91 Å². The lowest BCUT2D eigenvalue weighted by atomic mass is 9.78. The number of hydrogen-bond acceptors (Lipinski definition) is 2.